The lowest BCUT2D eigenvalue weighted by Crippen LogP contribution is -2.37. The number of esters is 2. The number of phosphoric acid groups is 1. The summed E-state index contributed by atoms with van der Waals surface area (Å²) in [4.78, 5) is 37.8. The fourth-order valence-electron chi connectivity index (χ4n) is 7.65. The standard InChI is InChI=1S/C58H106NO8P/c1-6-8-10-12-14-16-18-20-22-24-26-28-29-31-33-35-37-39-41-43-45-47-49-51-58(61)67-56(55-66-68(62,63)65-53-52-59(3,4)5)54-64-57(60)50-48-46-44-42-40-38-36-34-32-30-27-25-23-21-19-17-15-13-11-9-7-2/h23,25,30,32,36,38,42-45,56H,6-22,24,26-29,31,33-35,37,39-41,46-55H2,1-5H3/b25-23+,32-30+,38-36+,44-42+,45-43+/t56-/m1/s1. The number of hydrogen-bond donors (Lipinski definition) is 0. The molecule has 0 N–H and O–H groups in total. The summed E-state index contributed by atoms with van der Waals surface area (Å²) in [6, 6.07) is 0. The van der Waals surface area contributed by atoms with Gasteiger partial charge in [0, 0.05) is 12.8 Å². The lowest BCUT2D eigenvalue weighted by molar-refractivity contribution is -0.870. The van der Waals surface area contributed by atoms with Crippen LogP contribution >= 0.6 is 7.82 Å². The van der Waals surface area contributed by atoms with Crippen molar-refractivity contribution in [1.29, 1.82) is 0 Å². The Labute approximate surface area is 419 Å². The van der Waals surface area contributed by atoms with Crippen LogP contribution in [0.2, 0.25) is 0 Å². The Bertz CT molecular complexity index is 1340. The van der Waals surface area contributed by atoms with Crippen molar-refractivity contribution < 1.29 is 42.1 Å². The van der Waals surface area contributed by atoms with Crippen molar-refractivity contribution in [3.63, 3.8) is 0 Å². The number of rotatable bonds is 51. The first-order chi connectivity index (χ1) is 33.0. The molecule has 0 saturated carbocycles. The molecule has 0 aromatic rings. The Morgan fingerprint density at radius 1 is 0.456 bits per heavy atom. The highest BCUT2D eigenvalue weighted by molar-refractivity contribution is 7.45. The molecule has 0 amide bonds. The molecule has 0 radical (unpaired) electrons. The van der Waals surface area contributed by atoms with Crippen molar-refractivity contribution >= 4 is 19.8 Å². The van der Waals surface area contributed by atoms with E-state index >= 15 is 0 Å². The number of phosphoric ester groups is 1. The van der Waals surface area contributed by atoms with Gasteiger partial charge in [-0.25, -0.2) is 0 Å². The van der Waals surface area contributed by atoms with E-state index in [1.165, 1.54) is 167 Å². The molecule has 0 spiro atoms. The zero-order chi connectivity index (χ0) is 49.9. The fraction of sp³-hybridized carbons (Fsp3) is 0.793. The molecule has 0 rings (SSSR count). The maximum atomic E-state index is 12.8. The van der Waals surface area contributed by atoms with Crippen LogP contribution < -0.4 is 4.89 Å². The van der Waals surface area contributed by atoms with Crippen molar-refractivity contribution in [3.05, 3.63) is 60.8 Å². The van der Waals surface area contributed by atoms with Crippen LogP contribution in [0.4, 0.5) is 0 Å². The Morgan fingerprint density at radius 3 is 1.19 bits per heavy atom. The first kappa shape index (κ1) is 65.7. The van der Waals surface area contributed by atoms with Gasteiger partial charge in [-0.15, -0.1) is 0 Å². The predicted octanol–water partition coefficient (Wildman–Crippen LogP) is 16.5. The number of nitrogens with zero attached hydrogens (tertiary/aromatic N) is 1. The Morgan fingerprint density at radius 2 is 0.794 bits per heavy atom. The largest absolute Gasteiger partial charge is 0.756 e. The van der Waals surface area contributed by atoms with Crippen LogP contribution in [0.1, 0.15) is 245 Å². The first-order valence-corrected chi connectivity index (χ1v) is 29.5. The van der Waals surface area contributed by atoms with Gasteiger partial charge in [-0.05, 0) is 70.6 Å². The molecule has 2 atom stereocenters. The number of carbonyl (C=O) groups is 2. The smallest absolute Gasteiger partial charge is 0.306 e. The zero-order valence-corrected chi connectivity index (χ0v) is 45.7. The topological polar surface area (TPSA) is 111 Å². The van der Waals surface area contributed by atoms with Crippen LogP contribution in [0.15, 0.2) is 60.8 Å². The van der Waals surface area contributed by atoms with Crippen LogP contribution in [0, 0.1) is 0 Å². The molecule has 9 nitrogen and oxygen atoms in total. The fourth-order valence-corrected chi connectivity index (χ4v) is 8.38. The van der Waals surface area contributed by atoms with Crippen LogP contribution in [0.3, 0.4) is 0 Å². The summed E-state index contributed by atoms with van der Waals surface area (Å²) >= 11 is 0. The number of quaternary nitrogens is 1. The third-order valence-electron chi connectivity index (χ3n) is 12.0. The summed E-state index contributed by atoms with van der Waals surface area (Å²) in [5.74, 6) is -0.932. The summed E-state index contributed by atoms with van der Waals surface area (Å²) in [7, 11) is 1.12. The average Bonchev–Trinajstić information content (AvgIpc) is 3.30. The van der Waals surface area contributed by atoms with Gasteiger partial charge in [-0.3, -0.25) is 14.2 Å². The maximum absolute atomic E-state index is 12.8. The average molecular weight is 976 g/mol. The summed E-state index contributed by atoms with van der Waals surface area (Å²) in [5, 5.41) is 0. The summed E-state index contributed by atoms with van der Waals surface area (Å²) in [5.41, 5.74) is 0. The van der Waals surface area contributed by atoms with Crippen molar-refractivity contribution in [2.24, 2.45) is 0 Å². The molecule has 0 aliphatic heterocycles. The van der Waals surface area contributed by atoms with Crippen LogP contribution in [0.25, 0.3) is 0 Å². The predicted molar refractivity (Wildman–Crippen MR) is 287 cm³/mol. The second-order valence-electron chi connectivity index (χ2n) is 19.9. The minimum Gasteiger partial charge on any atom is -0.756 e. The lowest BCUT2D eigenvalue weighted by atomic mass is 10.0. The van der Waals surface area contributed by atoms with Gasteiger partial charge >= 0.3 is 11.9 Å². The van der Waals surface area contributed by atoms with Gasteiger partial charge in [-0.2, -0.15) is 0 Å². The van der Waals surface area contributed by atoms with E-state index < -0.39 is 32.5 Å². The minimum absolute atomic E-state index is 0.0453. The van der Waals surface area contributed by atoms with Crippen LogP contribution in [-0.4, -0.2) is 70.0 Å². The number of unbranched alkanes of at least 4 members (excludes halogenated alkanes) is 27. The summed E-state index contributed by atoms with van der Waals surface area (Å²) < 4.78 is 34.0. The van der Waals surface area contributed by atoms with Crippen molar-refractivity contribution in [3.8, 4) is 0 Å². The van der Waals surface area contributed by atoms with Gasteiger partial charge in [0.15, 0.2) is 6.10 Å². The minimum atomic E-state index is -4.65. The number of likely N-dealkylation sites (N-methyl/N-ethyl adjacent to an activating group) is 1. The van der Waals surface area contributed by atoms with Crippen molar-refractivity contribution in [1.82, 2.24) is 0 Å². The molecule has 396 valence electrons. The SMILES string of the molecule is CCCCCCCCC/C=C/C/C=C/C/C=C/C/C=C/CCCC(=O)OC[C@H](COP(=O)([O-])OCC[N+](C)(C)C)OC(=O)CCC/C=C/CCCCCCCCCCCCCCCCCCCC. The van der Waals surface area contributed by atoms with Gasteiger partial charge < -0.3 is 27.9 Å². The molecule has 0 aromatic carbocycles. The normalized spacial score (nSPS) is 13.8. The molecule has 0 aliphatic carbocycles. The number of ether oxygens (including phenoxy) is 2. The van der Waals surface area contributed by atoms with E-state index in [1.807, 2.05) is 21.1 Å². The molecule has 0 aliphatic rings. The van der Waals surface area contributed by atoms with E-state index in [4.69, 9.17) is 18.5 Å². The molecule has 0 bridgehead atoms. The molecule has 68 heavy (non-hydrogen) atoms. The Hall–Kier alpha value is -2.29. The second kappa shape index (κ2) is 49.7. The molecular formula is C58H106NO8P. The molecule has 0 fully saturated rings. The zero-order valence-electron chi connectivity index (χ0n) is 44.8. The van der Waals surface area contributed by atoms with E-state index in [2.05, 4.69) is 74.6 Å². The molecule has 0 aromatic heterocycles. The second-order valence-corrected chi connectivity index (χ2v) is 21.4. The molecule has 1 unspecified atom stereocenters. The Balaban J connectivity index is 4.31. The van der Waals surface area contributed by atoms with E-state index in [1.54, 1.807) is 0 Å². The molecule has 0 heterocycles. The van der Waals surface area contributed by atoms with Crippen molar-refractivity contribution in [2.75, 3.05) is 47.5 Å². The Kier molecular flexibility index (Phi) is 48.0. The van der Waals surface area contributed by atoms with E-state index in [0.717, 1.165) is 38.5 Å². The highest BCUT2D eigenvalue weighted by atomic mass is 31.2. The van der Waals surface area contributed by atoms with Gasteiger partial charge in [0.2, 0.25) is 0 Å². The number of carbonyl (C=O) groups excluding carboxylic acids is 2. The third kappa shape index (κ3) is 53.1. The molecular weight excluding hydrogens is 870 g/mol. The number of hydrogen-bond acceptors (Lipinski definition) is 8. The van der Waals surface area contributed by atoms with Gasteiger partial charge in [0.05, 0.1) is 27.7 Å². The maximum Gasteiger partial charge on any atom is 0.306 e. The van der Waals surface area contributed by atoms with Gasteiger partial charge in [0.1, 0.15) is 19.8 Å². The number of allylic oxidation sites excluding steroid dienone is 10. The quantitative estimate of drug-likeness (QED) is 0.0195. The highest BCUT2D eigenvalue weighted by Gasteiger charge is 2.21. The van der Waals surface area contributed by atoms with Crippen LogP contribution in [-0.2, 0) is 32.7 Å². The highest BCUT2D eigenvalue weighted by Crippen LogP contribution is 2.38. The van der Waals surface area contributed by atoms with Gasteiger partial charge in [0.25, 0.3) is 7.82 Å². The monoisotopic (exact) mass is 976 g/mol. The first-order valence-electron chi connectivity index (χ1n) is 28.0. The lowest BCUT2D eigenvalue weighted by Gasteiger charge is -2.28. The third-order valence-corrected chi connectivity index (χ3v) is 13.0. The van der Waals surface area contributed by atoms with Crippen molar-refractivity contribution in [2.45, 2.75) is 251 Å². The van der Waals surface area contributed by atoms with Crippen LogP contribution in [0.5, 0.6) is 0 Å². The summed E-state index contributed by atoms with van der Waals surface area (Å²) in [6.45, 7) is 4.16. The van der Waals surface area contributed by atoms with E-state index in [0.29, 0.717) is 23.9 Å². The van der Waals surface area contributed by atoms with E-state index in [9.17, 15) is 19.0 Å². The molecule has 0 saturated heterocycles. The summed E-state index contributed by atoms with van der Waals surface area (Å²) in [6.07, 6.45) is 62.9. The van der Waals surface area contributed by atoms with Gasteiger partial charge in [-0.1, -0.05) is 222 Å². The van der Waals surface area contributed by atoms with E-state index in [-0.39, 0.29) is 26.1 Å². The molecule has 10 heteroatoms.